The third kappa shape index (κ3) is 3.57. The summed E-state index contributed by atoms with van der Waals surface area (Å²) in [7, 11) is 0. The van der Waals surface area contributed by atoms with Crippen molar-refractivity contribution in [2.24, 2.45) is 0 Å². The van der Waals surface area contributed by atoms with E-state index in [1.54, 1.807) is 12.1 Å². The Hall–Kier alpha value is -1.83. The lowest BCUT2D eigenvalue weighted by atomic mass is 10.0. The third-order valence-electron chi connectivity index (χ3n) is 3.38. The van der Waals surface area contributed by atoms with Crippen molar-refractivity contribution >= 4 is 5.69 Å². The summed E-state index contributed by atoms with van der Waals surface area (Å²) in [6.07, 6.45) is 2.05. The molecule has 1 unspecified atom stereocenters. The predicted octanol–water partition coefficient (Wildman–Crippen LogP) is 4.95. The average molecular weight is 257 g/mol. The van der Waals surface area contributed by atoms with E-state index < -0.39 is 0 Å². The van der Waals surface area contributed by atoms with Gasteiger partial charge in [-0.05, 0) is 48.2 Å². The van der Waals surface area contributed by atoms with E-state index in [1.807, 2.05) is 0 Å². The Labute approximate surface area is 114 Å². The molecule has 2 heteroatoms. The van der Waals surface area contributed by atoms with Crippen molar-refractivity contribution in [3.63, 3.8) is 0 Å². The van der Waals surface area contributed by atoms with Gasteiger partial charge in [0.25, 0.3) is 0 Å². The first kappa shape index (κ1) is 13.6. The van der Waals surface area contributed by atoms with Crippen LogP contribution in [0.25, 0.3) is 0 Å². The molecule has 19 heavy (non-hydrogen) atoms. The van der Waals surface area contributed by atoms with Gasteiger partial charge >= 0.3 is 0 Å². The Bertz CT molecular complexity index is 502. The van der Waals surface area contributed by atoms with Crippen LogP contribution in [0.2, 0.25) is 0 Å². The molecule has 0 fully saturated rings. The summed E-state index contributed by atoms with van der Waals surface area (Å²) in [5.74, 6) is -0.203. The Kier molecular flexibility index (Phi) is 4.56. The largest absolute Gasteiger partial charge is 0.378 e. The van der Waals surface area contributed by atoms with Crippen LogP contribution < -0.4 is 5.32 Å². The van der Waals surface area contributed by atoms with Gasteiger partial charge in [-0.25, -0.2) is 4.39 Å². The number of hydrogen-bond donors (Lipinski definition) is 1. The summed E-state index contributed by atoms with van der Waals surface area (Å²) < 4.78 is 12.9. The van der Waals surface area contributed by atoms with E-state index in [4.69, 9.17) is 0 Å². The fourth-order valence-corrected chi connectivity index (χ4v) is 2.15. The Morgan fingerprint density at radius 1 is 0.947 bits per heavy atom. The average Bonchev–Trinajstić information content (AvgIpc) is 2.47. The molecule has 0 aliphatic heterocycles. The summed E-state index contributed by atoms with van der Waals surface area (Å²) in [4.78, 5) is 0. The molecule has 0 saturated carbocycles. The molecule has 100 valence electrons. The van der Waals surface area contributed by atoms with Gasteiger partial charge in [0.15, 0.2) is 0 Å². The van der Waals surface area contributed by atoms with Crippen LogP contribution in [-0.4, -0.2) is 0 Å². The van der Waals surface area contributed by atoms with Gasteiger partial charge in [0.2, 0.25) is 0 Å². The van der Waals surface area contributed by atoms with Crippen molar-refractivity contribution in [2.45, 2.75) is 32.7 Å². The number of anilines is 1. The smallest absolute Gasteiger partial charge is 0.123 e. The molecule has 0 bridgehead atoms. The van der Waals surface area contributed by atoms with Crippen LogP contribution in [0, 0.1) is 5.82 Å². The minimum atomic E-state index is -0.203. The van der Waals surface area contributed by atoms with Gasteiger partial charge in [0.05, 0.1) is 6.04 Å². The van der Waals surface area contributed by atoms with Gasteiger partial charge < -0.3 is 5.32 Å². The maximum absolute atomic E-state index is 12.9. The second-order valence-electron chi connectivity index (χ2n) is 4.71. The van der Waals surface area contributed by atoms with E-state index in [0.717, 1.165) is 18.5 Å². The van der Waals surface area contributed by atoms with Gasteiger partial charge in [-0.2, -0.15) is 0 Å². The van der Waals surface area contributed by atoms with Crippen LogP contribution in [0.1, 0.15) is 37.4 Å². The second-order valence-corrected chi connectivity index (χ2v) is 4.71. The molecule has 0 heterocycles. The van der Waals surface area contributed by atoms with E-state index >= 15 is 0 Å². The fourth-order valence-electron chi connectivity index (χ4n) is 2.15. The van der Waals surface area contributed by atoms with Crippen molar-refractivity contribution in [3.8, 4) is 0 Å². The van der Waals surface area contributed by atoms with E-state index in [0.29, 0.717) is 0 Å². The summed E-state index contributed by atoms with van der Waals surface area (Å²) in [5, 5.41) is 3.44. The highest BCUT2D eigenvalue weighted by atomic mass is 19.1. The van der Waals surface area contributed by atoms with Gasteiger partial charge in [-0.1, -0.05) is 38.1 Å². The standard InChI is InChI=1S/C17H20FN/c1-3-13-5-7-14(8-6-13)17(4-2)19-16-11-9-15(18)10-12-16/h5-12,17,19H,3-4H2,1-2H3. The number of hydrogen-bond acceptors (Lipinski definition) is 1. The molecule has 1 nitrogen and oxygen atoms in total. The van der Waals surface area contributed by atoms with Gasteiger partial charge in [-0.3, -0.25) is 0 Å². The molecule has 0 aliphatic carbocycles. The van der Waals surface area contributed by atoms with Crippen LogP contribution in [0.4, 0.5) is 10.1 Å². The zero-order chi connectivity index (χ0) is 13.7. The van der Waals surface area contributed by atoms with Crippen LogP contribution in [0.15, 0.2) is 48.5 Å². The van der Waals surface area contributed by atoms with Crippen molar-refractivity contribution in [1.29, 1.82) is 0 Å². The molecule has 0 spiro atoms. The first-order valence-electron chi connectivity index (χ1n) is 6.84. The maximum atomic E-state index is 12.9. The van der Waals surface area contributed by atoms with E-state index in [-0.39, 0.29) is 11.9 Å². The summed E-state index contributed by atoms with van der Waals surface area (Å²) in [6, 6.07) is 15.5. The molecule has 1 atom stereocenters. The molecule has 2 aromatic carbocycles. The normalized spacial score (nSPS) is 12.2. The van der Waals surface area contributed by atoms with Crippen molar-refractivity contribution in [3.05, 3.63) is 65.5 Å². The highest BCUT2D eigenvalue weighted by molar-refractivity contribution is 5.45. The second kappa shape index (κ2) is 6.37. The minimum absolute atomic E-state index is 0.203. The number of nitrogens with one attached hydrogen (secondary N) is 1. The van der Waals surface area contributed by atoms with Gasteiger partial charge in [-0.15, -0.1) is 0 Å². The number of halogens is 1. The van der Waals surface area contributed by atoms with Crippen LogP contribution in [-0.2, 0) is 6.42 Å². The van der Waals surface area contributed by atoms with Crippen molar-refractivity contribution < 1.29 is 4.39 Å². The lowest BCUT2D eigenvalue weighted by Gasteiger charge is -2.19. The SMILES string of the molecule is CCc1ccc(C(CC)Nc2ccc(F)cc2)cc1. The molecular weight excluding hydrogens is 237 g/mol. The summed E-state index contributed by atoms with van der Waals surface area (Å²) in [5.41, 5.74) is 3.57. The number of rotatable bonds is 5. The fraction of sp³-hybridized carbons (Fsp3) is 0.294. The molecule has 0 amide bonds. The topological polar surface area (TPSA) is 12.0 Å². The summed E-state index contributed by atoms with van der Waals surface area (Å²) >= 11 is 0. The Morgan fingerprint density at radius 3 is 2.11 bits per heavy atom. The lowest BCUT2D eigenvalue weighted by molar-refractivity contribution is 0.627. The quantitative estimate of drug-likeness (QED) is 0.799. The highest BCUT2D eigenvalue weighted by Gasteiger charge is 2.08. The first-order chi connectivity index (χ1) is 9.22. The van der Waals surface area contributed by atoms with E-state index in [1.165, 1.54) is 23.3 Å². The number of benzene rings is 2. The molecule has 2 rings (SSSR count). The van der Waals surface area contributed by atoms with Crippen molar-refractivity contribution in [2.75, 3.05) is 5.32 Å². The van der Waals surface area contributed by atoms with Crippen molar-refractivity contribution in [1.82, 2.24) is 0 Å². The zero-order valence-electron chi connectivity index (χ0n) is 11.5. The maximum Gasteiger partial charge on any atom is 0.123 e. The highest BCUT2D eigenvalue weighted by Crippen LogP contribution is 2.23. The van der Waals surface area contributed by atoms with Gasteiger partial charge in [0, 0.05) is 5.69 Å². The molecule has 0 radical (unpaired) electrons. The summed E-state index contributed by atoms with van der Waals surface area (Å²) in [6.45, 7) is 4.30. The minimum Gasteiger partial charge on any atom is -0.378 e. The van der Waals surface area contributed by atoms with Crippen LogP contribution >= 0.6 is 0 Å². The Morgan fingerprint density at radius 2 is 1.58 bits per heavy atom. The van der Waals surface area contributed by atoms with Crippen LogP contribution in [0.3, 0.4) is 0 Å². The molecule has 0 saturated heterocycles. The predicted molar refractivity (Wildman–Crippen MR) is 78.9 cm³/mol. The molecular formula is C17H20FN. The Balaban J connectivity index is 2.12. The molecule has 0 aromatic heterocycles. The zero-order valence-corrected chi connectivity index (χ0v) is 11.5. The van der Waals surface area contributed by atoms with Crippen LogP contribution in [0.5, 0.6) is 0 Å². The molecule has 0 aliphatic rings. The van der Waals surface area contributed by atoms with E-state index in [9.17, 15) is 4.39 Å². The lowest BCUT2D eigenvalue weighted by Crippen LogP contribution is -2.09. The van der Waals surface area contributed by atoms with E-state index in [2.05, 4.69) is 43.4 Å². The molecule has 1 N–H and O–H groups in total. The number of aryl methyl sites for hydroxylation is 1. The monoisotopic (exact) mass is 257 g/mol. The van der Waals surface area contributed by atoms with Gasteiger partial charge in [0.1, 0.15) is 5.82 Å². The molecule has 2 aromatic rings. The third-order valence-corrected chi connectivity index (χ3v) is 3.38. The first-order valence-corrected chi connectivity index (χ1v) is 6.84.